The van der Waals surface area contributed by atoms with Crippen LogP contribution in [0.4, 0.5) is 0 Å². The molecule has 3 unspecified atom stereocenters. The summed E-state index contributed by atoms with van der Waals surface area (Å²) in [6.07, 6.45) is 49.4. The van der Waals surface area contributed by atoms with Crippen molar-refractivity contribution in [3.05, 3.63) is 0 Å². The highest BCUT2D eigenvalue weighted by molar-refractivity contribution is 5.76. The van der Waals surface area contributed by atoms with E-state index in [-0.39, 0.29) is 12.5 Å². The highest BCUT2D eigenvalue weighted by atomic mass is 16.3. The zero-order valence-corrected chi connectivity index (χ0v) is 35.5. The van der Waals surface area contributed by atoms with Crippen LogP contribution in [0.5, 0.6) is 0 Å². The van der Waals surface area contributed by atoms with Gasteiger partial charge in [-0.2, -0.15) is 0 Å². The molecule has 4 N–H and O–H groups in total. The predicted molar refractivity (Wildman–Crippen MR) is 227 cm³/mol. The van der Waals surface area contributed by atoms with Crippen LogP contribution in [0.15, 0.2) is 0 Å². The van der Waals surface area contributed by atoms with Gasteiger partial charge in [0.1, 0.15) is 6.10 Å². The Morgan fingerprint density at radius 2 is 0.654 bits per heavy atom. The van der Waals surface area contributed by atoms with Crippen LogP contribution in [0, 0.1) is 0 Å². The lowest BCUT2D eigenvalue weighted by Gasteiger charge is -2.26. The van der Waals surface area contributed by atoms with E-state index < -0.39 is 18.2 Å². The van der Waals surface area contributed by atoms with Crippen molar-refractivity contribution >= 4 is 5.91 Å². The summed E-state index contributed by atoms with van der Waals surface area (Å²) < 4.78 is 0. The van der Waals surface area contributed by atoms with Crippen molar-refractivity contribution in [2.75, 3.05) is 6.61 Å². The molecule has 1 amide bonds. The third-order valence-electron chi connectivity index (χ3n) is 11.5. The number of aliphatic hydroxyl groups is 3. The molecule has 0 saturated carbocycles. The number of carbonyl (C=O) groups is 1. The van der Waals surface area contributed by atoms with Crippen LogP contribution >= 0.6 is 0 Å². The van der Waals surface area contributed by atoms with Crippen molar-refractivity contribution in [2.45, 2.75) is 289 Å². The van der Waals surface area contributed by atoms with E-state index in [1.54, 1.807) is 0 Å². The zero-order valence-electron chi connectivity index (χ0n) is 35.5. The molecule has 0 aliphatic rings. The van der Waals surface area contributed by atoms with Gasteiger partial charge >= 0.3 is 0 Å². The summed E-state index contributed by atoms with van der Waals surface area (Å²) in [5.41, 5.74) is 0. The summed E-state index contributed by atoms with van der Waals surface area (Å²) >= 11 is 0. The number of nitrogens with one attached hydrogen (secondary N) is 1. The van der Waals surface area contributed by atoms with Crippen molar-refractivity contribution in [1.29, 1.82) is 0 Å². The second kappa shape index (κ2) is 43.1. The maximum absolute atomic E-state index is 12.4. The second-order valence-corrected chi connectivity index (χ2v) is 16.7. The Hall–Kier alpha value is -0.650. The first-order valence-corrected chi connectivity index (χ1v) is 23.8. The molecule has 0 aromatic heterocycles. The van der Waals surface area contributed by atoms with E-state index in [0.29, 0.717) is 12.8 Å². The standard InChI is InChI=1S/C47H95NO4/c1-3-5-7-9-11-13-15-17-19-20-21-22-23-24-25-26-27-28-30-32-34-36-38-40-42-46(51)48-44(43-49)47(52)45(50)41-39-37-35-33-31-29-18-16-14-12-10-8-6-4-2/h44-45,47,49-50,52H,3-43H2,1-2H3,(H,48,51). The van der Waals surface area contributed by atoms with Crippen LogP contribution in [-0.2, 0) is 4.79 Å². The summed E-state index contributed by atoms with van der Waals surface area (Å²) in [6, 6.07) is -0.802. The fraction of sp³-hybridized carbons (Fsp3) is 0.979. The van der Waals surface area contributed by atoms with Crippen molar-refractivity contribution in [2.24, 2.45) is 0 Å². The minimum absolute atomic E-state index is 0.138. The Balaban J connectivity index is 3.52. The van der Waals surface area contributed by atoms with Crippen LogP contribution in [0.1, 0.15) is 271 Å². The minimum atomic E-state index is -1.13. The van der Waals surface area contributed by atoms with Gasteiger partial charge in [-0.05, 0) is 12.8 Å². The van der Waals surface area contributed by atoms with E-state index in [4.69, 9.17) is 0 Å². The molecule has 3 atom stereocenters. The fourth-order valence-corrected chi connectivity index (χ4v) is 7.75. The molecule has 0 spiro atoms. The van der Waals surface area contributed by atoms with Crippen molar-refractivity contribution in [1.82, 2.24) is 5.32 Å². The average Bonchev–Trinajstić information content (AvgIpc) is 3.15. The van der Waals surface area contributed by atoms with E-state index >= 15 is 0 Å². The predicted octanol–water partition coefficient (Wildman–Crippen LogP) is 13.8. The maximum atomic E-state index is 12.4. The van der Waals surface area contributed by atoms with Crippen molar-refractivity contribution < 1.29 is 20.1 Å². The first kappa shape index (κ1) is 51.4. The SMILES string of the molecule is CCCCCCCCCCCCCCCCCCCCCCCCCCC(=O)NC(CO)C(O)C(O)CCCCCCCCCCCCCCCC. The second-order valence-electron chi connectivity index (χ2n) is 16.7. The number of aliphatic hydroxyl groups excluding tert-OH is 3. The smallest absolute Gasteiger partial charge is 0.220 e. The molecule has 0 bridgehead atoms. The van der Waals surface area contributed by atoms with E-state index in [9.17, 15) is 20.1 Å². The van der Waals surface area contributed by atoms with E-state index in [1.807, 2.05) is 0 Å². The largest absolute Gasteiger partial charge is 0.394 e. The lowest BCUT2D eigenvalue weighted by Crippen LogP contribution is -2.50. The Morgan fingerprint density at radius 1 is 0.404 bits per heavy atom. The molecular formula is C47H95NO4. The number of unbranched alkanes of at least 4 members (excludes halogenated alkanes) is 36. The van der Waals surface area contributed by atoms with Gasteiger partial charge in [0.25, 0.3) is 0 Å². The number of amides is 1. The van der Waals surface area contributed by atoms with Gasteiger partial charge in [0.15, 0.2) is 0 Å². The zero-order chi connectivity index (χ0) is 38.0. The van der Waals surface area contributed by atoms with Gasteiger partial charge in [0, 0.05) is 6.42 Å². The molecule has 0 rings (SSSR count). The third kappa shape index (κ3) is 37.7. The van der Waals surface area contributed by atoms with Crippen molar-refractivity contribution in [3.63, 3.8) is 0 Å². The quantitative estimate of drug-likeness (QED) is 0.0469. The van der Waals surface area contributed by atoms with Gasteiger partial charge in [0.2, 0.25) is 5.91 Å². The highest BCUT2D eigenvalue weighted by Crippen LogP contribution is 2.17. The van der Waals surface area contributed by atoms with Gasteiger partial charge in [-0.15, -0.1) is 0 Å². The number of carbonyl (C=O) groups excluding carboxylic acids is 1. The summed E-state index contributed by atoms with van der Waals surface area (Å²) in [5, 5.41) is 33.6. The van der Waals surface area contributed by atoms with Gasteiger partial charge in [0.05, 0.1) is 18.8 Å². The molecule has 52 heavy (non-hydrogen) atoms. The first-order valence-electron chi connectivity index (χ1n) is 23.8. The van der Waals surface area contributed by atoms with Gasteiger partial charge in [-0.1, -0.05) is 251 Å². The highest BCUT2D eigenvalue weighted by Gasteiger charge is 2.26. The summed E-state index contributed by atoms with van der Waals surface area (Å²) in [7, 11) is 0. The first-order chi connectivity index (χ1) is 25.6. The van der Waals surface area contributed by atoms with E-state index in [1.165, 1.54) is 212 Å². The van der Waals surface area contributed by atoms with Gasteiger partial charge in [-0.3, -0.25) is 4.79 Å². The van der Waals surface area contributed by atoms with Gasteiger partial charge < -0.3 is 20.6 Å². The summed E-state index contributed by atoms with van der Waals surface area (Å²) in [6.45, 7) is 4.20. The molecular weight excluding hydrogens is 643 g/mol. The van der Waals surface area contributed by atoms with Crippen LogP contribution in [0.25, 0.3) is 0 Å². The lowest BCUT2D eigenvalue weighted by atomic mass is 9.99. The molecule has 0 fully saturated rings. The lowest BCUT2D eigenvalue weighted by molar-refractivity contribution is -0.124. The summed E-state index contributed by atoms with van der Waals surface area (Å²) in [5.74, 6) is -0.138. The molecule has 0 aromatic carbocycles. The van der Waals surface area contributed by atoms with Crippen LogP contribution in [0.2, 0.25) is 0 Å². The Morgan fingerprint density at radius 3 is 0.923 bits per heavy atom. The third-order valence-corrected chi connectivity index (χ3v) is 11.5. The van der Waals surface area contributed by atoms with E-state index in [2.05, 4.69) is 19.2 Å². The van der Waals surface area contributed by atoms with Crippen LogP contribution < -0.4 is 5.32 Å². The average molecular weight is 738 g/mol. The monoisotopic (exact) mass is 738 g/mol. The molecule has 5 heteroatoms. The molecule has 0 aromatic rings. The van der Waals surface area contributed by atoms with Crippen LogP contribution in [0.3, 0.4) is 0 Å². The number of hydrogen-bond donors (Lipinski definition) is 4. The van der Waals surface area contributed by atoms with Gasteiger partial charge in [-0.25, -0.2) is 0 Å². The molecule has 5 nitrogen and oxygen atoms in total. The molecule has 0 aliphatic carbocycles. The number of hydrogen-bond acceptors (Lipinski definition) is 4. The van der Waals surface area contributed by atoms with E-state index in [0.717, 1.165) is 32.1 Å². The Bertz CT molecular complexity index is 688. The normalized spacial score (nSPS) is 13.4. The Kier molecular flexibility index (Phi) is 42.5. The Labute approximate surface area is 326 Å². The van der Waals surface area contributed by atoms with Crippen LogP contribution in [-0.4, -0.2) is 46.1 Å². The molecule has 0 saturated heterocycles. The number of rotatable bonds is 44. The maximum Gasteiger partial charge on any atom is 0.220 e. The topological polar surface area (TPSA) is 89.8 Å². The van der Waals surface area contributed by atoms with Crippen molar-refractivity contribution in [3.8, 4) is 0 Å². The fourth-order valence-electron chi connectivity index (χ4n) is 7.75. The summed E-state index contributed by atoms with van der Waals surface area (Å²) in [4.78, 5) is 12.4. The molecule has 0 aliphatic heterocycles. The molecule has 0 heterocycles. The molecule has 0 radical (unpaired) electrons. The minimum Gasteiger partial charge on any atom is -0.394 e. The molecule has 312 valence electrons.